The molecule has 1 fully saturated rings. The first-order chi connectivity index (χ1) is 11.0. The van der Waals surface area contributed by atoms with Gasteiger partial charge in [0.1, 0.15) is 0 Å². The van der Waals surface area contributed by atoms with Crippen molar-refractivity contribution in [2.45, 2.75) is 19.9 Å². The van der Waals surface area contributed by atoms with Crippen LogP contribution in [0.2, 0.25) is 0 Å². The summed E-state index contributed by atoms with van der Waals surface area (Å²) in [4.78, 5) is 19.0. The Morgan fingerprint density at radius 1 is 1.38 bits per heavy atom. The van der Waals surface area contributed by atoms with Gasteiger partial charge in [0.25, 0.3) is 0 Å². The lowest BCUT2D eigenvalue weighted by Crippen LogP contribution is -2.39. The highest BCUT2D eigenvalue weighted by atomic mass is 35.5. The van der Waals surface area contributed by atoms with E-state index in [9.17, 15) is 4.79 Å². The van der Waals surface area contributed by atoms with E-state index in [0.29, 0.717) is 0 Å². The van der Waals surface area contributed by atoms with E-state index in [4.69, 9.17) is 10.5 Å². The second kappa shape index (κ2) is 8.11. The fraction of sp³-hybridized carbons (Fsp3) is 0.500. The zero-order chi connectivity index (χ0) is 16.4. The minimum absolute atomic E-state index is 0. The number of nitrogens with two attached hydrogens (primary N) is 1. The quantitative estimate of drug-likeness (QED) is 0.864. The number of anilines is 2. The number of amides is 1. The number of benzene rings is 1. The van der Waals surface area contributed by atoms with Gasteiger partial charge in [-0.15, -0.1) is 12.4 Å². The zero-order valence-corrected chi connectivity index (χ0v) is 15.5. The fourth-order valence-electron chi connectivity index (χ4n) is 2.41. The van der Waals surface area contributed by atoms with Crippen molar-refractivity contribution in [1.82, 2.24) is 4.98 Å². The standard InChI is InChI=1S/C16H22N4O2S.ClH/c1-10(2)14(17)15(21)18-11-3-4-12-13(9-11)23-16(19-12)20-5-7-22-8-6-20;/h3-4,9-10,14H,5-8,17H2,1-2H3,(H,18,21);1H/t14-;/m0./s1. The molecule has 2 aromatic rings. The summed E-state index contributed by atoms with van der Waals surface area (Å²) >= 11 is 1.64. The third-order valence-corrected chi connectivity index (χ3v) is 5.03. The van der Waals surface area contributed by atoms with E-state index in [0.717, 1.165) is 47.3 Å². The first-order valence-electron chi connectivity index (χ1n) is 7.84. The minimum atomic E-state index is -0.504. The van der Waals surface area contributed by atoms with Gasteiger partial charge in [-0.05, 0) is 24.1 Å². The Morgan fingerprint density at radius 2 is 2.08 bits per heavy atom. The van der Waals surface area contributed by atoms with Crippen LogP contribution in [0.5, 0.6) is 0 Å². The van der Waals surface area contributed by atoms with Crippen LogP contribution >= 0.6 is 23.7 Å². The zero-order valence-electron chi connectivity index (χ0n) is 13.8. The number of rotatable bonds is 4. The summed E-state index contributed by atoms with van der Waals surface area (Å²) in [7, 11) is 0. The van der Waals surface area contributed by atoms with Crippen LogP contribution in [0, 0.1) is 5.92 Å². The second-order valence-corrected chi connectivity index (χ2v) is 7.05. The Bertz CT molecular complexity index is 700. The molecular formula is C16H23ClN4O2S. The maximum Gasteiger partial charge on any atom is 0.241 e. The summed E-state index contributed by atoms with van der Waals surface area (Å²) in [5, 5.41) is 3.89. The highest BCUT2D eigenvalue weighted by Gasteiger charge is 2.18. The van der Waals surface area contributed by atoms with Crippen molar-refractivity contribution in [2.24, 2.45) is 11.7 Å². The van der Waals surface area contributed by atoms with E-state index in [1.165, 1.54) is 0 Å². The van der Waals surface area contributed by atoms with Crippen molar-refractivity contribution in [1.29, 1.82) is 0 Å². The maximum absolute atomic E-state index is 12.1. The molecule has 0 bridgehead atoms. The van der Waals surface area contributed by atoms with Crippen molar-refractivity contribution in [3.05, 3.63) is 18.2 Å². The van der Waals surface area contributed by atoms with E-state index >= 15 is 0 Å². The van der Waals surface area contributed by atoms with Crippen LogP contribution in [0.4, 0.5) is 10.8 Å². The van der Waals surface area contributed by atoms with Gasteiger partial charge in [-0.2, -0.15) is 0 Å². The Balaban J connectivity index is 0.00000208. The normalized spacial score (nSPS) is 16.1. The van der Waals surface area contributed by atoms with E-state index < -0.39 is 6.04 Å². The van der Waals surface area contributed by atoms with Crippen LogP contribution in [0.15, 0.2) is 18.2 Å². The molecule has 24 heavy (non-hydrogen) atoms. The SMILES string of the molecule is CC(C)[C@H](N)C(=O)Nc1ccc2nc(N3CCOCC3)sc2c1.Cl. The molecule has 1 amide bonds. The van der Waals surface area contributed by atoms with E-state index in [-0.39, 0.29) is 24.2 Å². The summed E-state index contributed by atoms with van der Waals surface area (Å²) in [5.74, 6) is -0.0488. The topological polar surface area (TPSA) is 80.5 Å². The number of carbonyl (C=O) groups excluding carboxylic acids is 1. The monoisotopic (exact) mass is 370 g/mol. The number of aromatic nitrogens is 1. The Morgan fingerprint density at radius 3 is 2.75 bits per heavy atom. The lowest BCUT2D eigenvalue weighted by Gasteiger charge is -2.25. The molecule has 0 spiro atoms. The first kappa shape index (κ1) is 18.9. The van der Waals surface area contributed by atoms with Crippen molar-refractivity contribution < 1.29 is 9.53 Å². The number of morpholine rings is 1. The number of carbonyl (C=O) groups is 1. The van der Waals surface area contributed by atoms with Crippen LogP contribution in [-0.2, 0) is 9.53 Å². The molecule has 0 saturated carbocycles. The van der Waals surface area contributed by atoms with Crippen molar-refractivity contribution in [3.8, 4) is 0 Å². The average Bonchev–Trinajstić information content (AvgIpc) is 2.98. The van der Waals surface area contributed by atoms with Crippen molar-refractivity contribution >= 4 is 50.7 Å². The molecule has 3 rings (SSSR count). The molecule has 0 radical (unpaired) electrons. The third kappa shape index (κ3) is 4.16. The molecule has 1 aromatic heterocycles. The number of nitrogens with zero attached hydrogens (tertiary/aromatic N) is 2. The van der Waals surface area contributed by atoms with Crippen molar-refractivity contribution in [3.63, 3.8) is 0 Å². The summed E-state index contributed by atoms with van der Waals surface area (Å²) < 4.78 is 6.43. The van der Waals surface area contributed by atoms with Gasteiger partial charge in [-0.25, -0.2) is 4.98 Å². The van der Waals surface area contributed by atoms with Gasteiger partial charge in [-0.1, -0.05) is 25.2 Å². The van der Waals surface area contributed by atoms with Gasteiger partial charge in [0, 0.05) is 18.8 Å². The predicted molar refractivity (Wildman–Crippen MR) is 101 cm³/mol. The number of fused-ring (bicyclic) bond motifs is 1. The van der Waals surface area contributed by atoms with Gasteiger partial charge in [0.05, 0.1) is 29.5 Å². The van der Waals surface area contributed by atoms with E-state index in [2.05, 4.69) is 15.2 Å². The largest absolute Gasteiger partial charge is 0.378 e. The van der Waals surface area contributed by atoms with Crippen LogP contribution in [-0.4, -0.2) is 43.2 Å². The van der Waals surface area contributed by atoms with Crippen LogP contribution in [0.1, 0.15) is 13.8 Å². The molecule has 6 nitrogen and oxygen atoms in total. The van der Waals surface area contributed by atoms with Gasteiger partial charge < -0.3 is 20.7 Å². The average molecular weight is 371 g/mol. The van der Waals surface area contributed by atoms with Crippen LogP contribution in [0.25, 0.3) is 10.2 Å². The van der Waals surface area contributed by atoms with E-state index in [1.54, 1.807) is 11.3 Å². The Labute approximate surface area is 151 Å². The Kier molecular flexibility index (Phi) is 6.40. The number of halogens is 1. The van der Waals surface area contributed by atoms with Gasteiger partial charge in [0.15, 0.2) is 5.13 Å². The summed E-state index contributed by atoms with van der Waals surface area (Å²) in [6.45, 7) is 7.09. The van der Waals surface area contributed by atoms with Gasteiger partial charge in [0.2, 0.25) is 5.91 Å². The number of hydrogen-bond donors (Lipinski definition) is 2. The molecule has 1 atom stereocenters. The predicted octanol–water partition coefficient (Wildman–Crippen LogP) is 2.48. The Hall–Kier alpha value is -1.41. The summed E-state index contributed by atoms with van der Waals surface area (Å²) in [5.41, 5.74) is 7.59. The molecule has 8 heteroatoms. The summed E-state index contributed by atoms with van der Waals surface area (Å²) in [6, 6.07) is 5.26. The molecular weight excluding hydrogens is 348 g/mol. The molecule has 1 aliphatic heterocycles. The lowest BCUT2D eigenvalue weighted by molar-refractivity contribution is -0.118. The molecule has 2 heterocycles. The lowest BCUT2D eigenvalue weighted by atomic mass is 10.1. The van der Waals surface area contributed by atoms with E-state index in [1.807, 2.05) is 32.0 Å². The van der Waals surface area contributed by atoms with Gasteiger partial charge in [-0.3, -0.25) is 4.79 Å². The molecule has 1 aromatic carbocycles. The minimum Gasteiger partial charge on any atom is -0.378 e. The number of hydrogen-bond acceptors (Lipinski definition) is 6. The molecule has 1 aliphatic rings. The molecule has 132 valence electrons. The molecule has 1 saturated heterocycles. The van der Waals surface area contributed by atoms with Crippen LogP contribution < -0.4 is 16.0 Å². The number of thiazole rings is 1. The second-order valence-electron chi connectivity index (χ2n) is 6.04. The highest BCUT2D eigenvalue weighted by Crippen LogP contribution is 2.31. The van der Waals surface area contributed by atoms with Crippen molar-refractivity contribution in [2.75, 3.05) is 36.5 Å². The third-order valence-electron chi connectivity index (χ3n) is 3.95. The smallest absolute Gasteiger partial charge is 0.241 e. The fourth-order valence-corrected chi connectivity index (χ4v) is 3.46. The molecule has 0 aliphatic carbocycles. The maximum atomic E-state index is 12.1. The van der Waals surface area contributed by atoms with Gasteiger partial charge >= 0.3 is 0 Å². The number of ether oxygens (including phenoxy) is 1. The first-order valence-corrected chi connectivity index (χ1v) is 8.66. The summed E-state index contributed by atoms with van der Waals surface area (Å²) in [6.07, 6.45) is 0. The highest BCUT2D eigenvalue weighted by molar-refractivity contribution is 7.22. The van der Waals surface area contributed by atoms with Crippen LogP contribution in [0.3, 0.4) is 0 Å². The molecule has 0 unspecified atom stereocenters. The number of nitrogens with one attached hydrogen (secondary N) is 1. The molecule has 3 N–H and O–H groups in total.